The lowest BCUT2D eigenvalue weighted by Crippen LogP contribution is -2.32. The number of benzene rings is 3. The Balaban J connectivity index is 1.33. The second-order valence-electron chi connectivity index (χ2n) is 6.45. The van der Waals surface area contributed by atoms with E-state index >= 15 is 0 Å². The van der Waals surface area contributed by atoms with Crippen LogP contribution in [0.5, 0.6) is 0 Å². The van der Waals surface area contributed by atoms with Gasteiger partial charge >= 0.3 is 5.97 Å². The SMILES string of the molecule is O=C(CCCc1ccc2ccccc2c1)ON1C(=O)c2ccccc2C1=O. The molecule has 2 amide bonds. The van der Waals surface area contributed by atoms with Crippen molar-refractivity contribution in [1.29, 1.82) is 0 Å². The Bertz CT molecular complexity index is 1020. The number of nitrogens with zero attached hydrogens (tertiary/aromatic N) is 1. The van der Waals surface area contributed by atoms with Gasteiger partial charge in [0.2, 0.25) is 0 Å². The molecule has 0 spiro atoms. The van der Waals surface area contributed by atoms with Gasteiger partial charge in [0.25, 0.3) is 11.8 Å². The molecule has 0 fully saturated rings. The van der Waals surface area contributed by atoms with E-state index in [0.29, 0.717) is 17.9 Å². The summed E-state index contributed by atoms with van der Waals surface area (Å²) < 4.78 is 0. The topological polar surface area (TPSA) is 63.7 Å². The fourth-order valence-corrected chi connectivity index (χ4v) is 3.23. The van der Waals surface area contributed by atoms with Crippen LogP contribution in [0, 0.1) is 0 Å². The molecule has 3 aromatic carbocycles. The summed E-state index contributed by atoms with van der Waals surface area (Å²) >= 11 is 0. The number of aryl methyl sites for hydroxylation is 1. The zero-order valence-electron chi connectivity index (χ0n) is 14.6. The summed E-state index contributed by atoms with van der Waals surface area (Å²) in [4.78, 5) is 41.5. The molecule has 3 aromatic rings. The fraction of sp³-hybridized carbons (Fsp3) is 0.136. The predicted molar refractivity (Wildman–Crippen MR) is 99.9 cm³/mol. The summed E-state index contributed by atoms with van der Waals surface area (Å²) in [5, 5.41) is 2.89. The maximum absolute atomic E-state index is 12.2. The summed E-state index contributed by atoms with van der Waals surface area (Å²) in [7, 11) is 0. The summed E-state index contributed by atoms with van der Waals surface area (Å²) in [5.74, 6) is -1.79. The summed E-state index contributed by atoms with van der Waals surface area (Å²) in [6.07, 6.45) is 1.41. The molecule has 0 unspecified atom stereocenters. The van der Waals surface area contributed by atoms with E-state index in [1.54, 1.807) is 24.3 Å². The molecule has 0 aromatic heterocycles. The number of imide groups is 1. The number of hydrogen-bond donors (Lipinski definition) is 0. The molecule has 0 saturated carbocycles. The van der Waals surface area contributed by atoms with Crippen LogP contribution in [0.4, 0.5) is 0 Å². The molecular weight excluding hydrogens is 342 g/mol. The molecule has 1 aliphatic rings. The van der Waals surface area contributed by atoms with Crippen LogP contribution < -0.4 is 0 Å². The van der Waals surface area contributed by atoms with E-state index in [1.165, 1.54) is 5.39 Å². The van der Waals surface area contributed by atoms with Gasteiger partial charge in [-0.2, -0.15) is 0 Å². The maximum Gasteiger partial charge on any atom is 0.333 e. The van der Waals surface area contributed by atoms with Crippen LogP contribution >= 0.6 is 0 Å². The lowest BCUT2D eigenvalue weighted by atomic mass is 10.0. The number of carbonyl (C=O) groups excluding carboxylic acids is 3. The highest BCUT2D eigenvalue weighted by atomic mass is 16.7. The first-order chi connectivity index (χ1) is 13.1. The van der Waals surface area contributed by atoms with E-state index in [9.17, 15) is 14.4 Å². The Morgan fingerprint density at radius 2 is 1.44 bits per heavy atom. The largest absolute Gasteiger partial charge is 0.333 e. The molecule has 1 heterocycles. The molecule has 0 atom stereocenters. The minimum atomic E-state index is -0.599. The number of fused-ring (bicyclic) bond motifs is 2. The van der Waals surface area contributed by atoms with Crippen molar-refractivity contribution in [3.05, 3.63) is 83.4 Å². The van der Waals surface area contributed by atoms with Gasteiger partial charge in [0.15, 0.2) is 0 Å². The highest BCUT2D eigenvalue weighted by Gasteiger charge is 2.38. The van der Waals surface area contributed by atoms with Crippen LogP contribution in [0.2, 0.25) is 0 Å². The zero-order chi connectivity index (χ0) is 18.8. The maximum atomic E-state index is 12.2. The summed E-state index contributed by atoms with van der Waals surface area (Å²) in [6, 6.07) is 20.7. The van der Waals surface area contributed by atoms with Gasteiger partial charge in [-0.05, 0) is 41.3 Å². The second-order valence-corrected chi connectivity index (χ2v) is 6.45. The van der Waals surface area contributed by atoms with E-state index in [2.05, 4.69) is 24.3 Å². The Labute approximate surface area is 156 Å². The zero-order valence-corrected chi connectivity index (χ0v) is 14.6. The minimum absolute atomic E-state index is 0.125. The standard InChI is InChI=1S/C22H17NO4/c24-20(27-23-21(25)18-9-3-4-10-19(18)22(23)26)11-5-6-15-12-13-16-7-1-2-8-17(16)14-15/h1-4,7-10,12-14H,5-6,11H2. The number of carbonyl (C=O) groups is 3. The number of rotatable bonds is 5. The van der Waals surface area contributed by atoms with Gasteiger partial charge in [0, 0.05) is 6.42 Å². The second kappa shape index (κ2) is 7.03. The monoisotopic (exact) mass is 359 g/mol. The van der Waals surface area contributed by atoms with Gasteiger partial charge in [0.1, 0.15) is 0 Å². The molecule has 5 heteroatoms. The summed E-state index contributed by atoms with van der Waals surface area (Å²) in [6.45, 7) is 0. The lowest BCUT2D eigenvalue weighted by Gasteiger charge is -2.12. The fourth-order valence-electron chi connectivity index (χ4n) is 3.23. The van der Waals surface area contributed by atoms with Crippen LogP contribution in [-0.2, 0) is 16.1 Å². The highest BCUT2D eigenvalue weighted by molar-refractivity contribution is 6.20. The van der Waals surface area contributed by atoms with Gasteiger partial charge in [-0.3, -0.25) is 9.59 Å². The quantitative estimate of drug-likeness (QED) is 0.648. The Kier molecular flexibility index (Phi) is 4.42. The van der Waals surface area contributed by atoms with Crippen molar-refractivity contribution in [3.63, 3.8) is 0 Å². The van der Waals surface area contributed by atoms with Crippen molar-refractivity contribution in [2.45, 2.75) is 19.3 Å². The van der Waals surface area contributed by atoms with Crippen LogP contribution in [0.1, 0.15) is 39.1 Å². The van der Waals surface area contributed by atoms with Crippen LogP contribution in [0.3, 0.4) is 0 Å². The number of hydroxylamine groups is 2. The Hall–Kier alpha value is -3.47. The van der Waals surface area contributed by atoms with E-state index in [0.717, 1.165) is 10.9 Å². The molecule has 27 heavy (non-hydrogen) atoms. The smallest absolute Gasteiger partial charge is 0.330 e. The first-order valence-corrected chi connectivity index (χ1v) is 8.80. The molecule has 0 bridgehead atoms. The molecule has 134 valence electrons. The van der Waals surface area contributed by atoms with Gasteiger partial charge in [-0.15, -0.1) is 0 Å². The molecule has 0 radical (unpaired) electrons. The molecule has 0 saturated heterocycles. The number of amides is 2. The van der Waals surface area contributed by atoms with E-state index in [1.807, 2.05) is 18.2 Å². The molecule has 1 aliphatic heterocycles. The van der Waals surface area contributed by atoms with Gasteiger partial charge in [-0.25, -0.2) is 4.79 Å². The van der Waals surface area contributed by atoms with Gasteiger partial charge in [-0.1, -0.05) is 59.7 Å². The highest BCUT2D eigenvalue weighted by Crippen LogP contribution is 2.23. The van der Waals surface area contributed by atoms with Crippen molar-refractivity contribution in [2.75, 3.05) is 0 Å². The van der Waals surface area contributed by atoms with E-state index in [-0.39, 0.29) is 17.5 Å². The summed E-state index contributed by atoms with van der Waals surface area (Å²) in [5.41, 5.74) is 1.64. The third-order valence-corrected chi connectivity index (χ3v) is 4.61. The van der Waals surface area contributed by atoms with Crippen LogP contribution in [0.25, 0.3) is 10.8 Å². The molecule has 0 aliphatic carbocycles. The Morgan fingerprint density at radius 3 is 2.15 bits per heavy atom. The minimum Gasteiger partial charge on any atom is -0.330 e. The predicted octanol–water partition coefficient (Wildman–Crippen LogP) is 3.92. The molecule has 5 nitrogen and oxygen atoms in total. The third-order valence-electron chi connectivity index (χ3n) is 4.61. The normalized spacial score (nSPS) is 13.1. The van der Waals surface area contributed by atoms with Crippen LogP contribution in [-0.4, -0.2) is 22.8 Å². The van der Waals surface area contributed by atoms with Crippen molar-refractivity contribution in [2.24, 2.45) is 0 Å². The van der Waals surface area contributed by atoms with Crippen molar-refractivity contribution < 1.29 is 19.2 Å². The van der Waals surface area contributed by atoms with Crippen molar-refractivity contribution in [1.82, 2.24) is 5.06 Å². The lowest BCUT2D eigenvalue weighted by molar-refractivity contribution is -0.168. The van der Waals surface area contributed by atoms with Gasteiger partial charge in [0.05, 0.1) is 11.1 Å². The first-order valence-electron chi connectivity index (χ1n) is 8.80. The molecular formula is C22H17NO4. The Morgan fingerprint density at radius 1 is 0.815 bits per heavy atom. The first kappa shape index (κ1) is 17.0. The average Bonchev–Trinajstić information content (AvgIpc) is 2.93. The third kappa shape index (κ3) is 3.31. The van der Waals surface area contributed by atoms with Crippen molar-refractivity contribution >= 4 is 28.6 Å². The van der Waals surface area contributed by atoms with Gasteiger partial charge < -0.3 is 4.84 Å². The van der Waals surface area contributed by atoms with E-state index < -0.39 is 17.8 Å². The van der Waals surface area contributed by atoms with E-state index in [4.69, 9.17) is 4.84 Å². The number of hydrogen-bond acceptors (Lipinski definition) is 4. The van der Waals surface area contributed by atoms with Crippen molar-refractivity contribution in [3.8, 4) is 0 Å². The molecule has 0 N–H and O–H groups in total. The average molecular weight is 359 g/mol. The van der Waals surface area contributed by atoms with Crippen LogP contribution in [0.15, 0.2) is 66.7 Å². The molecule has 4 rings (SSSR count).